The Morgan fingerprint density at radius 1 is 1.50 bits per heavy atom. The summed E-state index contributed by atoms with van der Waals surface area (Å²) < 4.78 is 7.06. The van der Waals surface area contributed by atoms with E-state index in [9.17, 15) is 10.2 Å². The molecule has 1 aromatic rings. The van der Waals surface area contributed by atoms with Gasteiger partial charge in [0.15, 0.2) is 11.8 Å². The van der Waals surface area contributed by atoms with Crippen molar-refractivity contribution in [2.45, 2.75) is 38.0 Å². The lowest BCUT2D eigenvalue weighted by Gasteiger charge is -2.12. The van der Waals surface area contributed by atoms with Crippen LogP contribution >= 0.6 is 0 Å². The highest BCUT2D eigenvalue weighted by atomic mass is 16.6. The fourth-order valence-corrected chi connectivity index (χ4v) is 2.64. The second kappa shape index (κ2) is 2.83. The van der Waals surface area contributed by atoms with Crippen LogP contribution < -0.4 is 0 Å². The molecule has 0 saturated carbocycles. The topological polar surface area (TPSA) is 57.9 Å². The molecule has 1 saturated heterocycles. The Hall–Kier alpha value is -1.42. The molecule has 0 bridgehead atoms. The lowest BCUT2D eigenvalue weighted by atomic mass is 9.87. The molecule has 16 heavy (non-hydrogen) atoms. The van der Waals surface area contributed by atoms with Crippen LogP contribution in [-0.2, 0) is 24.1 Å². The molecule has 4 heteroatoms. The third kappa shape index (κ3) is 1.08. The molecule has 2 atom stereocenters. The number of allylic oxidation sites excluding steroid dienone is 1. The van der Waals surface area contributed by atoms with E-state index < -0.39 is 0 Å². The number of hydrogen-bond donors (Lipinski definition) is 2. The molecule has 0 amide bonds. The summed E-state index contributed by atoms with van der Waals surface area (Å²) in [5.74, 6) is 0.313. The summed E-state index contributed by atoms with van der Waals surface area (Å²) in [6.45, 7) is 6.08. The van der Waals surface area contributed by atoms with Crippen LogP contribution in [0.5, 0.6) is 11.8 Å². The van der Waals surface area contributed by atoms with Gasteiger partial charge >= 0.3 is 0 Å². The summed E-state index contributed by atoms with van der Waals surface area (Å²) in [7, 11) is 0. The molecule has 1 aliphatic heterocycles. The van der Waals surface area contributed by atoms with Gasteiger partial charge in [0.1, 0.15) is 0 Å². The monoisotopic (exact) mass is 221 g/mol. The summed E-state index contributed by atoms with van der Waals surface area (Å²) in [5, 5.41) is 20.0. The Labute approximate surface area is 93.8 Å². The van der Waals surface area contributed by atoms with Gasteiger partial charge in [0, 0.05) is 30.5 Å². The van der Waals surface area contributed by atoms with E-state index >= 15 is 0 Å². The molecule has 1 aromatic heterocycles. The highest BCUT2D eigenvalue weighted by molar-refractivity contribution is 5.50. The normalized spacial score (nSPS) is 30.7. The zero-order valence-electron chi connectivity index (χ0n) is 9.23. The molecular weight excluding hydrogens is 206 g/mol. The highest BCUT2D eigenvalue weighted by Crippen LogP contribution is 2.51. The van der Waals surface area contributed by atoms with E-state index in [-0.39, 0.29) is 23.5 Å². The van der Waals surface area contributed by atoms with Crippen molar-refractivity contribution in [3.05, 3.63) is 23.8 Å². The number of fused-ring (bicyclic) bond motifs is 2. The Kier molecular flexibility index (Phi) is 1.73. The van der Waals surface area contributed by atoms with Crippen molar-refractivity contribution in [2.24, 2.45) is 0 Å². The van der Waals surface area contributed by atoms with Crippen LogP contribution in [0.2, 0.25) is 0 Å². The summed E-state index contributed by atoms with van der Waals surface area (Å²) in [6, 6.07) is 0. The first kappa shape index (κ1) is 9.78. The number of ether oxygens (including phenoxy) is 1. The van der Waals surface area contributed by atoms with E-state index in [2.05, 4.69) is 6.58 Å². The van der Waals surface area contributed by atoms with E-state index in [4.69, 9.17) is 4.74 Å². The fraction of sp³-hybridized carbons (Fsp3) is 0.500. The number of hydrogen-bond acceptors (Lipinski definition) is 3. The van der Waals surface area contributed by atoms with Gasteiger partial charge in [0.2, 0.25) is 0 Å². The van der Waals surface area contributed by atoms with Crippen LogP contribution in [0.25, 0.3) is 0 Å². The van der Waals surface area contributed by atoms with Gasteiger partial charge in [-0.25, -0.2) is 0 Å². The van der Waals surface area contributed by atoms with Crippen molar-refractivity contribution >= 4 is 0 Å². The SMILES string of the molecule is C=CCn1c(O)c2c(c1O)CC1(C)OC1C2. The maximum absolute atomic E-state index is 10.0. The quantitative estimate of drug-likeness (QED) is 0.585. The average Bonchev–Trinajstić information content (AvgIpc) is 2.87. The van der Waals surface area contributed by atoms with Crippen LogP contribution in [0.3, 0.4) is 0 Å². The highest BCUT2D eigenvalue weighted by Gasteiger charge is 2.56. The van der Waals surface area contributed by atoms with Crippen LogP contribution in [-0.4, -0.2) is 26.5 Å². The van der Waals surface area contributed by atoms with Crippen LogP contribution in [0, 0.1) is 0 Å². The minimum absolute atomic E-state index is 0.128. The van der Waals surface area contributed by atoms with Gasteiger partial charge in [-0.1, -0.05) is 6.08 Å². The van der Waals surface area contributed by atoms with E-state index in [0.717, 1.165) is 11.1 Å². The third-order valence-corrected chi connectivity index (χ3v) is 3.68. The fourth-order valence-electron chi connectivity index (χ4n) is 2.64. The standard InChI is InChI=1S/C12H15NO3/c1-3-4-13-10(14)7-5-9-12(2,16-9)6-8(7)11(13)15/h3,9,14-15H,1,4-6H2,2H3. The minimum Gasteiger partial charge on any atom is -0.494 e. The zero-order chi connectivity index (χ0) is 11.5. The molecule has 2 heterocycles. The Balaban J connectivity index is 2.09. The lowest BCUT2D eigenvalue weighted by molar-refractivity contribution is 0.307. The van der Waals surface area contributed by atoms with E-state index in [0.29, 0.717) is 19.4 Å². The first-order valence-corrected chi connectivity index (χ1v) is 5.47. The Morgan fingerprint density at radius 2 is 2.19 bits per heavy atom. The molecule has 4 nitrogen and oxygen atoms in total. The number of nitrogens with zero attached hydrogens (tertiary/aromatic N) is 1. The molecular formula is C12H15NO3. The number of aromatic nitrogens is 1. The Bertz CT molecular complexity index is 477. The van der Waals surface area contributed by atoms with Gasteiger partial charge < -0.3 is 14.9 Å². The van der Waals surface area contributed by atoms with E-state index in [1.807, 2.05) is 6.92 Å². The first-order valence-electron chi connectivity index (χ1n) is 5.47. The van der Waals surface area contributed by atoms with Gasteiger partial charge in [-0.05, 0) is 6.92 Å². The predicted octanol–water partition coefficient (Wildman–Crippen LogP) is 1.34. The second-order valence-electron chi connectivity index (χ2n) is 4.80. The zero-order valence-corrected chi connectivity index (χ0v) is 9.23. The third-order valence-electron chi connectivity index (χ3n) is 3.68. The maximum atomic E-state index is 10.0. The van der Waals surface area contributed by atoms with Crippen LogP contribution in [0.1, 0.15) is 18.1 Å². The molecule has 0 spiro atoms. The molecule has 86 valence electrons. The molecule has 2 unspecified atom stereocenters. The number of rotatable bonds is 2. The average molecular weight is 221 g/mol. The molecule has 2 aliphatic rings. The summed E-state index contributed by atoms with van der Waals surface area (Å²) >= 11 is 0. The van der Waals surface area contributed by atoms with Gasteiger partial charge in [0.25, 0.3) is 0 Å². The van der Waals surface area contributed by atoms with Crippen LogP contribution in [0.15, 0.2) is 12.7 Å². The number of epoxide rings is 1. The lowest BCUT2D eigenvalue weighted by Crippen LogP contribution is -2.20. The van der Waals surface area contributed by atoms with Gasteiger partial charge in [0.05, 0.1) is 11.7 Å². The summed E-state index contributed by atoms with van der Waals surface area (Å²) in [6.07, 6.45) is 3.22. The molecule has 1 fully saturated rings. The molecule has 1 aliphatic carbocycles. The van der Waals surface area contributed by atoms with Crippen LogP contribution in [0.4, 0.5) is 0 Å². The van der Waals surface area contributed by atoms with Crippen molar-refractivity contribution in [3.63, 3.8) is 0 Å². The smallest absolute Gasteiger partial charge is 0.197 e. The molecule has 0 radical (unpaired) electrons. The molecule has 0 aromatic carbocycles. The minimum atomic E-state index is -0.128. The summed E-state index contributed by atoms with van der Waals surface area (Å²) in [4.78, 5) is 0. The van der Waals surface area contributed by atoms with E-state index in [1.54, 1.807) is 6.08 Å². The van der Waals surface area contributed by atoms with Crippen molar-refractivity contribution in [1.29, 1.82) is 0 Å². The molecule has 3 rings (SSSR count). The second-order valence-corrected chi connectivity index (χ2v) is 4.80. The van der Waals surface area contributed by atoms with Crippen molar-refractivity contribution in [1.82, 2.24) is 4.57 Å². The largest absolute Gasteiger partial charge is 0.494 e. The summed E-state index contributed by atoms with van der Waals surface area (Å²) in [5.41, 5.74) is 1.53. The van der Waals surface area contributed by atoms with Gasteiger partial charge in [-0.3, -0.25) is 4.57 Å². The maximum Gasteiger partial charge on any atom is 0.197 e. The molecule has 2 N–H and O–H groups in total. The predicted molar refractivity (Wildman–Crippen MR) is 58.6 cm³/mol. The van der Waals surface area contributed by atoms with Crippen molar-refractivity contribution in [3.8, 4) is 11.8 Å². The first-order chi connectivity index (χ1) is 7.57. The van der Waals surface area contributed by atoms with E-state index in [1.165, 1.54) is 4.57 Å². The Morgan fingerprint density at radius 3 is 2.88 bits per heavy atom. The van der Waals surface area contributed by atoms with Gasteiger partial charge in [-0.2, -0.15) is 0 Å². The van der Waals surface area contributed by atoms with Gasteiger partial charge in [-0.15, -0.1) is 6.58 Å². The number of aromatic hydroxyl groups is 2. The van der Waals surface area contributed by atoms with Crippen molar-refractivity contribution < 1.29 is 14.9 Å². The van der Waals surface area contributed by atoms with Crippen molar-refractivity contribution in [2.75, 3.05) is 0 Å².